The maximum absolute atomic E-state index is 5.79. The van der Waals surface area contributed by atoms with Gasteiger partial charge in [0.25, 0.3) is 0 Å². The molecule has 1 aliphatic rings. The highest BCUT2D eigenvalue weighted by atomic mass is 16.5. The third-order valence-corrected chi connectivity index (χ3v) is 4.46. The Morgan fingerprint density at radius 2 is 1.83 bits per heavy atom. The van der Waals surface area contributed by atoms with Crippen LogP contribution in [0, 0.1) is 0 Å². The molecule has 0 spiro atoms. The van der Waals surface area contributed by atoms with Crippen molar-refractivity contribution < 1.29 is 18.9 Å². The number of anilines is 1. The fourth-order valence-electron chi connectivity index (χ4n) is 2.90. The van der Waals surface area contributed by atoms with Gasteiger partial charge in [-0.1, -0.05) is 30.3 Å². The van der Waals surface area contributed by atoms with Gasteiger partial charge in [0, 0.05) is 38.4 Å². The molecule has 1 aliphatic heterocycles. The molecule has 2 aromatic rings. The van der Waals surface area contributed by atoms with E-state index >= 15 is 0 Å². The fourth-order valence-corrected chi connectivity index (χ4v) is 2.90. The van der Waals surface area contributed by atoms with Gasteiger partial charge in [0.15, 0.2) is 17.5 Å². The molecular weight excluding hydrogens is 382 g/mol. The lowest BCUT2D eigenvalue weighted by molar-refractivity contribution is 0.0699. The number of nitrogens with one attached hydrogen (secondary N) is 2. The van der Waals surface area contributed by atoms with Crippen LogP contribution in [0.25, 0.3) is 0 Å². The molecule has 0 saturated carbocycles. The average Bonchev–Trinajstić information content (AvgIpc) is 3.02. The van der Waals surface area contributed by atoms with Gasteiger partial charge in [-0.05, 0) is 24.1 Å². The third-order valence-electron chi connectivity index (χ3n) is 4.46. The summed E-state index contributed by atoms with van der Waals surface area (Å²) < 4.78 is 22.0. The minimum Gasteiger partial charge on any atom is -0.490 e. The fraction of sp³-hybridized carbons (Fsp3) is 0.435. The predicted octanol–water partition coefficient (Wildman–Crippen LogP) is 3.46. The molecule has 2 N–H and O–H groups in total. The molecule has 0 bridgehead atoms. The first-order chi connectivity index (χ1) is 14.8. The van der Waals surface area contributed by atoms with Crippen molar-refractivity contribution in [1.82, 2.24) is 5.32 Å². The number of nitrogens with zero attached hydrogens (tertiary/aromatic N) is 1. The molecule has 1 heterocycles. The van der Waals surface area contributed by atoms with E-state index < -0.39 is 0 Å². The maximum Gasteiger partial charge on any atom is 0.196 e. The second-order valence-electron chi connectivity index (χ2n) is 6.87. The molecule has 0 aromatic heterocycles. The van der Waals surface area contributed by atoms with E-state index in [9.17, 15) is 0 Å². The van der Waals surface area contributed by atoms with Gasteiger partial charge in [-0.15, -0.1) is 0 Å². The van der Waals surface area contributed by atoms with Crippen molar-refractivity contribution in [1.29, 1.82) is 0 Å². The number of rotatable bonds is 10. The number of fused-ring (bicyclic) bond motifs is 1. The van der Waals surface area contributed by atoms with Crippen LogP contribution in [-0.4, -0.2) is 52.6 Å². The molecule has 0 atom stereocenters. The summed E-state index contributed by atoms with van der Waals surface area (Å²) in [6, 6.07) is 16.0. The van der Waals surface area contributed by atoms with Crippen LogP contribution < -0.4 is 20.1 Å². The maximum atomic E-state index is 5.79. The molecule has 0 amide bonds. The Morgan fingerprint density at radius 1 is 1.00 bits per heavy atom. The summed E-state index contributed by atoms with van der Waals surface area (Å²) in [5.41, 5.74) is 2.05. The Balaban J connectivity index is 1.59. The van der Waals surface area contributed by atoms with E-state index in [-0.39, 0.29) is 0 Å². The van der Waals surface area contributed by atoms with Crippen LogP contribution in [0.5, 0.6) is 11.5 Å². The van der Waals surface area contributed by atoms with E-state index in [0.29, 0.717) is 45.5 Å². The highest BCUT2D eigenvalue weighted by Crippen LogP contribution is 2.32. The first kappa shape index (κ1) is 21.9. The Labute approximate surface area is 178 Å². The first-order valence-corrected chi connectivity index (χ1v) is 10.4. The molecule has 0 unspecified atom stereocenters. The molecule has 30 heavy (non-hydrogen) atoms. The van der Waals surface area contributed by atoms with Crippen molar-refractivity contribution in [2.45, 2.75) is 19.4 Å². The lowest BCUT2D eigenvalue weighted by atomic mass is 10.2. The minimum atomic E-state index is 0.588. The zero-order chi connectivity index (χ0) is 20.9. The van der Waals surface area contributed by atoms with E-state index in [1.54, 1.807) is 7.11 Å². The van der Waals surface area contributed by atoms with E-state index in [1.165, 1.54) is 0 Å². The van der Waals surface area contributed by atoms with E-state index in [0.717, 1.165) is 42.1 Å². The van der Waals surface area contributed by atoms with E-state index in [2.05, 4.69) is 22.8 Å². The molecule has 162 valence electrons. The first-order valence-electron chi connectivity index (χ1n) is 10.4. The van der Waals surface area contributed by atoms with Crippen LogP contribution >= 0.6 is 0 Å². The Morgan fingerprint density at radius 3 is 2.67 bits per heavy atom. The molecule has 3 rings (SSSR count). The van der Waals surface area contributed by atoms with Gasteiger partial charge in [-0.25, -0.2) is 4.99 Å². The van der Waals surface area contributed by atoms with Gasteiger partial charge in [0.1, 0.15) is 0 Å². The topological polar surface area (TPSA) is 73.3 Å². The zero-order valence-corrected chi connectivity index (χ0v) is 17.6. The Kier molecular flexibility index (Phi) is 9.30. The number of ether oxygens (including phenoxy) is 4. The smallest absolute Gasteiger partial charge is 0.196 e. The molecule has 0 saturated heterocycles. The summed E-state index contributed by atoms with van der Waals surface area (Å²) >= 11 is 0. The van der Waals surface area contributed by atoms with Gasteiger partial charge in [0.05, 0.1) is 33.0 Å². The van der Waals surface area contributed by atoms with E-state index in [1.807, 2.05) is 36.4 Å². The number of hydrogen-bond donors (Lipinski definition) is 2. The van der Waals surface area contributed by atoms with Crippen molar-refractivity contribution in [2.75, 3.05) is 52.0 Å². The van der Waals surface area contributed by atoms with Crippen LogP contribution in [0.2, 0.25) is 0 Å². The molecule has 2 aromatic carbocycles. The summed E-state index contributed by atoms with van der Waals surface area (Å²) in [6.45, 7) is 4.57. The Bertz CT molecular complexity index is 783. The Hall–Kier alpha value is -2.77. The second-order valence-corrected chi connectivity index (χ2v) is 6.87. The summed E-state index contributed by atoms with van der Waals surface area (Å²) in [5, 5.41) is 6.75. The summed E-state index contributed by atoms with van der Waals surface area (Å²) in [4.78, 5) is 4.73. The van der Waals surface area contributed by atoms with Crippen LogP contribution in [0.3, 0.4) is 0 Å². The number of methoxy groups -OCH3 is 1. The minimum absolute atomic E-state index is 0.588. The zero-order valence-electron chi connectivity index (χ0n) is 17.6. The number of aliphatic imine (C=N–C) groups is 1. The van der Waals surface area contributed by atoms with Gasteiger partial charge in [-0.2, -0.15) is 0 Å². The molecular formula is C23H31N3O4. The number of hydrogen-bond acceptors (Lipinski definition) is 5. The van der Waals surface area contributed by atoms with Crippen LogP contribution in [0.4, 0.5) is 5.69 Å². The van der Waals surface area contributed by atoms with Crippen molar-refractivity contribution in [3.05, 3.63) is 54.1 Å². The van der Waals surface area contributed by atoms with Crippen LogP contribution in [-0.2, 0) is 16.0 Å². The van der Waals surface area contributed by atoms with Gasteiger partial charge in [0.2, 0.25) is 0 Å². The van der Waals surface area contributed by atoms with Gasteiger partial charge >= 0.3 is 0 Å². The largest absolute Gasteiger partial charge is 0.490 e. The highest BCUT2D eigenvalue weighted by Gasteiger charge is 2.11. The third kappa shape index (κ3) is 7.57. The van der Waals surface area contributed by atoms with Gasteiger partial charge < -0.3 is 29.6 Å². The van der Waals surface area contributed by atoms with Crippen molar-refractivity contribution in [2.24, 2.45) is 4.99 Å². The van der Waals surface area contributed by atoms with Crippen LogP contribution in [0.1, 0.15) is 18.4 Å². The van der Waals surface area contributed by atoms with Crippen molar-refractivity contribution >= 4 is 11.6 Å². The standard InChI is InChI=1S/C23H31N3O4/c1-27-15-16-28-12-5-11-24-23(25-18-19-7-3-2-4-8-19)26-20-9-10-21-22(17-20)30-14-6-13-29-21/h2-4,7-10,17H,5-6,11-16,18H2,1H3,(H2,24,25,26). The number of guanidine groups is 1. The van der Waals surface area contributed by atoms with E-state index in [4.69, 9.17) is 23.9 Å². The SMILES string of the molecule is COCCOCCCNC(=NCc1ccccc1)Nc1ccc2c(c1)OCCCO2. The molecule has 0 aliphatic carbocycles. The molecule has 0 fully saturated rings. The number of benzene rings is 2. The van der Waals surface area contributed by atoms with Crippen molar-refractivity contribution in [3.8, 4) is 11.5 Å². The summed E-state index contributed by atoms with van der Waals surface area (Å²) in [7, 11) is 1.67. The normalized spacial score (nSPS) is 13.6. The van der Waals surface area contributed by atoms with Gasteiger partial charge in [-0.3, -0.25) is 0 Å². The van der Waals surface area contributed by atoms with Crippen LogP contribution in [0.15, 0.2) is 53.5 Å². The lowest BCUT2D eigenvalue weighted by Crippen LogP contribution is -2.32. The average molecular weight is 414 g/mol. The van der Waals surface area contributed by atoms with Crippen molar-refractivity contribution in [3.63, 3.8) is 0 Å². The summed E-state index contributed by atoms with van der Waals surface area (Å²) in [5.74, 6) is 2.25. The quantitative estimate of drug-likeness (QED) is 0.353. The monoisotopic (exact) mass is 413 g/mol. The summed E-state index contributed by atoms with van der Waals surface area (Å²) in [6.07, 6.45) is 1.76. The highest BCUT2D eigenvalue weighted by molar-refractivity contribution is 5.93. The predicted molar refractivity (Wildman–Crippen MR) is 119 cm³/mol. The lowest BCUT2D eigenvalue weighted by Gasteiger charge is -2.15. The molecule has 0 radical (unpaired) electrons. The second kappa shape index (κ2) is 12.7. The molecule has 7 nitrogen and oxygen atoms in total. The molecule has 7 heteroatoms.